The van der Waals surface area contributed by atoms with Crippen molar-refractivity contribution in [2.45, 2.75) is 51.1 Å². The van der Waals surface area contributed by atoms with E-state index in [0.29, 0.717) is 0 Å². The molecule has 1 fully saturated rings. The molecule has 0 aromatic heterocycles. The Balaban J connectivity index is 1.14. The first-order chi connectivity index (χ1) is 20.3. The average molecular weight is 552 g/mol. The highest BCUT2D eigenvalue weighted by molar-refractivity contribution is 5.95. The molecule has 4 aromatic rings. The number of anilines is 2. The zero-order valence-electron chi connectivity index (χ0n) is 25.5. The third kappa shape index (κ3) is 3.69. The van der Waals surface area contributed by atoms with Crippen molar-refractivity contribution in [1.29, 1.82) is 0 Å². The second-order valence-electron chi connectivity index (χ2n) is 12.9. The molecular weight excluding hydrogens is 510 g/mol. The molecule has 0 spiro atoms. The van der Waals surface area contributed by atoms with Gasteiger partial charge in [0.15, 0.2) is 0 Å². The van der Waals surface area contributed by atoms with Gasteiger partial charge in [0.1, 0.15) is 5.66 Å². The van der Waals surface area contributed by atoms with Gasteiger partial charge >= 0.3 is 0 Å². The fraction of sp³-hybridized carbons (Fsp3) is 0.282. The molecule has 1 unspecified atom stereocenters. The second-order valence-corrected chi connectivity index (χ2v) is 12.9. The summed E-state index contributed by atoms with van der Waals surface area (Å²) in [5.41, 5.74) is 6.53. The van der Waals surface area contributed by atoms with E-state index in [1.807, 2.05) is 0 Å². The zero-order chi connectivity index (χ0) is 29.1. The van der Waals surface area contributed by atoms with Crippen molar-refractivity contribution in [2.75, 3.05) is 29.4 Å². The van der Waals surface area contributed by atoms with E-state index in [0.717, 1.165) is 19.6 Å². The summed E-state index contributed by atoms with van der Waals surface area (Å²) in [6, 6.07) is 26.7. The number of likely N-dealkylation sites (N-methyl/N-ethyl adjacent to an activating group) is 1. The van der Waals surface area contributed by atoms with Crippen molar-refractivity contribution in [2.24, 2.45) is 0 Å². The van der Waals surface area contributed by atoms with Gasteiger partial charge < -0.3 is 9.80 Å². The summed E-state index contributed by atoms with van der Waals surface area (Å²) in [6.07, 6.45) is 15.6. The van der Waals surface area contributed by atoms with Crippen LogP contribution in [0.1, 0.15) is 45.7 Å². The van der Waals surface area contributed by atoms with Gasteiger partial charge in [0.05, 0.1) is 0 Å². The largest absolute Gasteiger partial charge is 0.348 e. The standard InChI is InChI=1S/C39H41N3/c1-6-41-32-23-21-28-16-11-13-18-30(28)35(32)37(2,3)34(41)20-10-8-7-9-15-25-39-38(4,5)36-31-19-14-12-17-29(31)22-24-33(36)42(39)27-26-40-39/h7-25,40H,6,26-27H2,1-5H3/b9-7+,10-8+,25-15+,34-20+. The van der Waals surface area contributed by atoms with Gasteiger partial charge in [0.2, 0.25) is 0 Å². The van der Waals surface area contributed by atoms with Crippen LogP contribution in [0, 0.1) is 0 Å². The normalized spacial score (nSPS) is 23.3. The highest BCUT2D eigenvalue weighted by Gasteiger charge is 2.58. The fourth-order valence-corrected chi connectivity index (χ4v) is 8.10. The molecule has 3 aliphatic rings. The van der Waals surface area contributed by atoms with E-state index < -0.39 is 0 Å². The van der Waals surface area contributed by atoms with E-state index >= 15 is 0 Å². The van der Waals surface area contributed by atoms with E-state index in [4.69, 9.17) is 0 Å². The molecule has 3 nitrogen and oxygen atoms in total. The number of nitrogens with zero attached hydrogens (tertiary/aromatic N) is 2. The van der Waals surface area contributed by atoms with Crippen molar-refractivity contribution in [3.05, 3.63) is 132 Å². The van der Waals surface area contributed by atoms with E-state index in [-0.39, 0.29) is 16.5 Å². The smallest absolute Gasteiger partial charge is 0.120 e. The Labute approximate surface area is 250 Å². The maximum Gasteiger partial charge on any atom is 0.120 e. The van der Waals surface area contributed by atoms with Crippen LogP contribution >= 0.6 is 0 Å². The van der Waals surface area contributed by atoms with Crippen LogP contribution in [0.5, 0.6) is 0 Å². The summed E-state index contributed by atoms with van der Waals surface area (Å²) in [6.45, 7) is 14.7. The molecule has 1 N–H and O–H groups in total. The van der Waals surface area contributed by atoms with Gasteiger partial charge in [0.25, 0.3) is 0 Å². The third-order valence-electron chi connectivity index (χ3n) is 10.0. The molecule has 0 aliphatic carbocycles. The van der Waals surface area contributed by atoms with Crippen molar-refractivity contribution in [1.82, 2.24) is 5.32 Å². The van der Waals surface area contributed by atoms with Crippen molar-refractivity contribution in [3.63, 3.8) is 0 Å². The molecule has 4 aromatic carbocycles. The van der Waals surface area contributed by atoms with Crippen LogP contribution in [-0.2, 0) is 10.8 Å². The minimum atomic E-state index is -0.237. The number of fused-ring (bicyclic) bond motifs is 8. The van der Waals surface area contributed by atoms with Crippen LogP contribution < -0.4 is 15.1 Å². The van der Waals surface area contributed by atoms with Crippen molar-refractivity contribution >= 4 is 32.9 Å². The lowest BCUT2D eigenvalue weighted by Gasteiger charge is -2.41. The van der Waals surface area contributed by atoms with Crippen LogP contribution in [-0.4, -0.2) is 25.3 Å². The Kier molecular flexibility index (Phi) is 6.22. The molecule has 0 amide bonds. The number of benzene rings is 4. The van der Waals surface area contributed by atoms with Crippen LogP contribution in [0.15, 0.2) is 121 Å². The molecule has 212 valence electrons. The second kappa shape index (κ2) is 9.74. The van der Waals surface area contributed by atoms with Crippen molar-refractivity contribution < 1.29 is 0 Å². The van der Waals surface area contributed by atoms with Gasteiger partial charge in [-0.2, -0.15) is 0 Å². The van der Waals surface area contributed by atoms with Crippen LogP contribution in [0.3, 0.4) is 0 Å². The third-order valence-corrected chi connectivity index (χ3v) is 10.0. The van der Waals surface area contributed by atoms with E-state index in [2.05, 4.69) is 165 Å². The number of nitrogens with one attached hydrogen (secondary N) is 1. The first kappa shape index (κ1) is 26.8. The molecule has 3 heterocycles. The highest BCUT2D eigenvalue weighted by atomic mass is 15.4. The molecule has 0 bridgehead atoms. The molecule has 0 radical (unpaired) electrons. The topological polar surface area (TPSA) is 18.5 Å². The van der Waals surface area contributed by atoms with E-state index in [1.54, 1.807) is 0 Å². The fourth-order valence-electron chi connectivity index (χ4n) is 8.10. The molecule has 7 rings (SSSR count). The molecule has 3 aliphatic heterocycles. The Bertz CT molecular complexity index is 1820. The highest BCUT2D eigenvalue weighted by Crippen LogP contribution is 2.55. The SMILES string of the molecule is CCN1/C(=C/C=C/C=C/C=C/C23NCCN2c2ccc4ccccc4c2C3(C)C)C(C)(C)c2c1ccc1ccccc21. The number of allylic oxidation sites excluding steroid dienone is 7. The number of hydrogen-bond acceptors (Lipinski definition) is 3. The molecule has 3 heteroatoms. The van der Waals surface area contributed by atoms with Gasteiger partial charge in [-0.15, -0.1) is 0 Å². The summed E-state index contributed by atoms with van der Waals surface area (Å²) in [4.78, 5) is 5.04. The summed E-state index contributed by atoms with van der Waals surface area (Å²) in [5.74, 6) is 0. The predicted molar refractivity (Wildman–Crippen MR) is 181 cm³/mol. The monoisotopic (exact) mass is 551 g/mol. The Morgan fingerprint density at radius 2 is 1.33 bits per heavy atom. The molecule has 1 saturated heterocycles. The summed E-state index contributed by atoms with van der Waals surface area (Å²) in [7, 11) is 0. The van der Waals surface area contributed by atoms with Gasteiger partial charge in [-0.25, -0.2) is 0 Å². The molecular formula is C39H41N3. The summed E-state index contributed by atoms with van der Waals surface area (Å²) < 4.78 is 0. The molecule has 42 heavy (non-hydrogen) atoms. The van der Waals surface area contributed by atoms with Crippen LogP contribution in [0.25, 0.3) is 21.5 Å². The van der Waals surface area contributed by atoms with Gasteiger partial charge in [-0.3, -0.25) is 5.32 Å². The lowest BCUT2D eigenvalue weighted by molar-refractivity contribution is 0.314. The Morgan fingerprint density at radius 1 is 0.714 bits per heavy atom. The van der Waals surface area contributed by atoms with E-state index in [1.165, 1.54) is 49.7 Å². The molecule has 1 atom stereocenters. The summed E-state index contributed by atoms with van der Waals surface area (Å²) >= 11 is 0. The lowest BCUT2D eigenvalue weighted by atomic mass is 9.74. The number of hydrogen-bond donors (Lipinski definition) is 1. The average Bonchev–Trinajstić information content (AvgIpc) is 3.58. The number of rotatable bonds is 5. The maximum absolute atomic E-state index is 3.89. The predicted octanol–water partition coefficient (Wildman–Crippen LogP) is 8.76. The zero-order valence-corrected chi connectivity index (χ0v) is 25.5. The Morgan fingerprint density at radius 3 is 2.05 bits per heavy atom. The minimum Gasteiger partial charge on any atom is -0.348 e. The van der Waals surface area contributed by atoms with Gasteiger partial charge in [-0.05, 0) is 63.9 Å². The van der Waals surface area contributed by atoms with Crippen LogP contribution in [0.4, 0.5) is 11.4 Å². The quantitative estimate of drug-likeness (QED) is 0.250. The first-order valence-corrected chi connectivity index (χ1v) is 15.4. The van der Waals surface area contributed by atoms with E-state index in [9.17, 15) is 0 Å². The van der Waals surface area contributed by atoms with Gasteiger partial charge in [0, 0.05) is 47.5 Å². The van der Waals surface area contributed by atoms with Gasteiger partial charge in [-0.1, -0.05) is 119 Å². The van der Waals surface area contributed by atoms with Crippen LogP contribution in [0.2, 0.25) is 0 Å². The lowest BCUT2D eigenvalue weighted by Crippen LogP contribution is -2.58. The maximum atomic E-state index is 3.89. The molecule has 0 saturated carbocycles. The first-order valence-electron chi connectivity index (χ1n) is 15.4. The van der Waals surface area contributed by atoms with Crippen molar-refractivity contribution in [3.8, 4) is 0 Å². The minimum absolute atomic E-state index is 0.0653. The summed E-state index contributed by atoms with van der Waals surface area (Å²) in [5, 5.41) is 9.23. The Hall–Kier alpha value is -4.08.